The lowest BCUT2D eigenvalue weighted by Crippen LogP contribution is -2.22. The van der Waals surface area contributed by atoms with E-state index < -0.39 is 0 Å². The first-order valence-electron chi connectivity index (χ1n) is 7.34. The molecule has 1 unspecified atom stereocenters. The molecule has 1 atom stereocenters. The van der Waals surface area contributed by atoms with E-state index in [4.69, 9.17) is 4.42 Å². The van der Waals surface area contributed by atoms with E-state index in [0.717, 1.165) is 23.6 Å². The molecule has 1 N–H and O–H groups in total. The molecular weight excluding hydrogens is 260 g/mol. The zero-order valence-electron chi connectivity index (χ0n) is 12.7. The second-order valence-corrected chi connectivity index (χ2v) is 5.28. The Morgan fingerprint density at radius 3 is 2.71 bits per heavy atom. The smallest absolute Gasteiger partial charge is 0.106 e. The molecule has 0 aliphatic rings. The van der Waals surface area contributed by atoms with E-state index in [2.05, 4.69) is 47.6 Å². The van der Waals surface area contributed by atoms with Crippen LogP contribution in [0.25, 0.3) is 10.9 Å². The van der Waals surface area contributed by atoms with Crippen molar-refractivity contribution in [3.63, 3.8) is 0 Å². The van der Waals surface area contributed by atoms with Crippen molar-refractivity contribution in [3.05, 3.63) is 65.2 Å². The molecule has 0 spiro atoms. The largest absolute Gasteiger partial charge is 0.466 e. The quantitative estimate of drug-likeness (QED) is 0.780. The molecule has 0 bridgehead atoms. The Bertz CT molecular complexity index is 756. The van der Waals surface area contributed by atoms with Crippen molar-refractivity contribution in [3.8, 4) is 0 Å². The van der Waals surface area contributed by atoms with Crippen molar-refractivity contribution < 1.29 is 4.42 Å². The zero-order chi connectivity index (χ0) is 14.8. The lowest BCUT2D eigenvalue weighted by molar-refractivity contribution is 0.495. The number of nitrogens with one attached hydrogen (secondary N) is 1. The van der Waals surface area contributed by atoms with E-state index in [9.17, 15) is 0 Å². The van der Waals surface area contributed by atoms with Crippen molar-refractivity contribution in [2.24, 2.45) is 0 Å². The highest BCUT2D eigenvalue weighted by molar-refractivity contribution is 5.83. The summed E-state index contributed by atoms with van der Waals surface area (Å²) < 4.78 is 5.72. The minimum atomic E-state index is 0.125. The van der Waals surface area contributed by atoms with Gasteiger partial charge in [0.05, 0.1) is 11.6 Å². The first-order chi connectivity index (χ1) is 10.2. The summed E-state index contributed by atoms with van der Waals surface area (Å²) in [5.41, 5.74) is 3.47. The van der Waals surface area contributed by atoms with E-state index in [-0.39, 0.29) is 6.04 Å². The monoisotopic (exact) mass is 280 g/mol. The maximum atomic E-state index is 5.72. The molecule has 1 aromatic carbocycles. The fraction of sp³-hybridized carbons (Fsp3) is 0.278. The third-order valence-corrected chi connectivity index (χ3v) is 3.79. The fourth-order valence-corrected chi connectivity index (χ4v) is 2.91. The van der Waals surface area contributed by atoms with Gasteiger partial charge in [-0.25, -0.2) is 0 Å². The van der Waals surface area contributed by atoms with Gasteiger partial charge < -0.3 is 9.73 Å². The van der Waals surface area contributed by atoms with Gasteiger partial charge in [-0.05, 0) is 44.2 Å². The minimum Gasteiger partial charge on any atom is -0.466 e. The molecule has 108 valence electrons. The number of furan rings is 1. The van der Waals surface area contributed by atoms with Crippen LogP contribution in [-0.4, -0.2) is 11.5 Å². The summed E-state index contributed by atoms with van der Waals surface area (Å²) >= 11 is 0. The zero-order valence-corrected chi connectivity index (χ0v) is 12.7. The van der Waals surface area contributed by atoms with Crippen LogP contribution in [0, 0.1) is 13.8 Å². The third kappa shape index (κ3) is 2.57. The third-order valence-electron chi connectivity index (χ3n) is 3.79. The van der Waals surface area contributed by atoms with Crippen LogP contribution in [0.2, 0.25) is 0 Å². The molecule has 0 saturated carbocycles. The van der Waals surface area contributed by atoms with Crippen LogP contribution in [0.3, 0.4) is 0 Å². The van der Waals surface area contributed by atoms with Crippen LogP contribution in [0.5, 0.6) is 0 Å². The van der Waals surface area contributed by atoms with Gasteiger partial charge >= 0.3 is 0 Å². The van der Waals surface area contributed by atoms with Gasteiger partial charge in [0, 0.05) is 17.1 Å². The number of hydrogen-bond acceptors (Lipinski definition) is 3. The summed E-state index contributed by atoms with van der Waals surface area (Å²) in [6, 6.07) is 12.6. The van der Waals surface area contributed by atoms with Crippen LogP contribution < -0.4 is 5.32 Å². The van der Waals surface area contributed by atoms with Crippen LogP contribution in [0.15, 0.2) is 47.0 Å². The molecule has 3 nitrogen and oxygen atoms in total. The lowest BCUT2D eigenvalue weighted by atomic mass is 9.95. The Morgan fingerprint density at radius 2 is 2.00 bits per heavy atom. The van der Waals surface area contributed by atoms with E-state index in [1.807, 2.05) is 26.1 Å². The fourth-order valence-electron chi connectivity index (χ4n) is 2.91. The average Bonchev–Trinajstić information content (AvgIpc) is 2.83. The standard InChI is InChI=1S/C18H20N2O/c1-4-19-18(16-11-12(2)21-13(16)3)15-7-5-9-17-14(15)8-6-10-20-17/h5-11,18-19H,4H2,1-3H3. The summed E-state index contributed by atoms with van der Waals surface area (Å²) in [6.45, 7) is 7.03. The van der Waals surface area contributed by atoms with Gasteiger partial charge in [0.25, 0.3) is 0 Å². The number of benzene rings is 1. The second kappa shape index (κ2) is 5.70. The number of nitrogens with zero attached hydrogens (tertiary/aromatic N) is 1. The van der Waals surface area contributed by atoms with Crippen molar-refractivity contribution in [2.75, 3.05) is 6.54 Å². The topological polar surface area (TPSA) is 38.1 Å². The van der Waals surface area contributed by atoms with Gasteiger partial charge in [-0.3, -0.25) is 4.98 Å². The summed E-state index contributed by atoms with van der Waals surface area (Å²) in [6.07, 6.45) is 1.83. The highest BCUT2D eigenvalue weighted by Gasteiger charge is 2.20. The molecule has 0 amide bonds. The number of aromatic nitrogens is 1. The van der Waals surface area contributed by atoms with Gasteiger partial charge in [0.1, 0.15) is 11.5 Å². The maximum absolute atomic E-state index is 5.72. The van der Waals surface area contributed by atoms with Crippen molar-refractivity contribution in [1.82, 2.24) is 10.3 Å². The number of pyridine rings is 1. The Labute approximate surface area is 125 Å². The minimum absolute atomic E-state index is 0.125. The van der Waals surface area contributed by atoms with E-state index >= 15 is 0 Å². The molecular formula is C18H20N2O. The van der Waals surface area contributed by atoms with Gasteiger partial charge in [-0.1, -0.05) is 25.1 Å². The summed E-state index contributed by atoms with van der Waals surface area (Å²) in [5.74, 6) is 1.92. The summed E-state index contributed by atoms with van der Waals surface area (Å²) in [7, 11) is 0. The van der Waals surface area contributed by atoms with Crippen molar-refractivity contribution >= 4 is 10.9 Å². The summed E-state index contributed by atoms with van der Waals surface area (Å²) in [5, 5.41) is 4.76. The second-order valence-electron chi connectivity index (χ2n) is 5.28. The van der Waals surface area contributed by atoms with Gasteiger partial charge in [-0.15, -0.1) is 0 Å². The van der Waals surface area contributed by atoms with Crippen LogP contribution in [-0.2, 0) is 0 Å². The maximum Gasteiger partial charge on any atom is 0.106 e. The van der Waals surface area contributed by atoms with E-state index in [1.54, 1.807) is 0 Å². The highest BCUT2D eigenvalue weighted by atomic mass is 16.3. The molecule has 0 saturated heterocycles. The predicted molar refractivity (Wildman–Crippen MR) is 85.4 cm³/mol. The van der Waals surface area contributed by atoms with Crippen molar-refractivity contribution in [2.45, 2.75) is 26.8 Å². The summed E-state index contributed by atoms with van der Waals surface area (Å²) in [4.78, 5) is 4.45. The number of rotatable bonds is 4. The van der Waals surface area contributed by atoms with Gasteiger partial charge in [0.15, 0.2) is 0 Å². The molecule has 3 rings (SSSR count). The number of aryl methyl sites for hydroxylation is 2. The van der Waals surface area contributed by atoms with Crippen LogP contribution in [0.1, 0.15) is 35.6 Å². The molecule has 2 heterocycles. The molecule has 3 aromatic rings. The van der Waals surface area contributed by atoms with E-state index in [1.165, 1.54) is 16.5 Å². The SMILES string of the molecule is CCNC(c1cc(C)oc1C)c1cccc2ncccc12. The molecule has 0 radical (unpaired) electrons. The molecule has 0 fully saturated rings. The Hall–Kier alpha value is -2.13. The first kappa shape index (κ1) is 13.8. The Kier molecular flexibility index (Phi) is 3.76. The number of fused-ring (bicyclic) bond motifs is 1. The molecule has 21 heavy (non-hydrogen) atoms. The van der Waals surface area contributed by atoms with Crippen LogP contribution in [0.4, 0.5) is 0 Å². The molecule has 2 aromatic heterocycles. The van der Waals surface area contributed by atoms with Gasteiger partial charge in [0.2, 0.25) is 0 Å². The van der Waals surface area contributed by atoms with Crippen molar-refractivity contribution in [1.29, 1.82) is 0 Å². The van der Waals surface area contributed by atoms with E-state index in [0.29, 0.717) is 0 Å². The van der Waals surface area contributed by atoms with Gasteiger partial charge in [-0.2, -0.15) is 0 Å². The molecule has 0 aliphatic carbocycles. The Balaban J connectivity index is 2.18. The lowest BCUT2D eigenvalue weighted by Gasteiger charge is -2.19. The Morgan fingerprint density at radius 1 is 1.14 bits per heavy atom. The first-order valence-corrected chi connectivity index (χ1v) is 7.34. The average molecular weight is 280 g/mol. The normalized spacial score (nSPS) is 12.7. The molecule has 0 aliphatic heterocycles. The number of hydrogen-bond donors (Lipinski definition) is 1. The predicted octanol–water partition coefficient (Wildman–Crippen LogP) is 4.14. The van der Waals surface area contributed by atoms with Crippen LogP contribution >= 0.6 is 0 Å². The molecule has 3 heteroatoms. The highest BCUT2D eigenvalue weighted by Crippen LogP contribution is 2.31.